The highest BCUT2D eigenvalue weighted by molar-refractivity contribution is 4.93. The van der Waals surface area contributed by atoms with Gasteiger partial charge in [-0.25, -0.2) is 0 Å². The first-order valence-electron chi connectivity index (χ1n) is 22.3. The number of rotatable bonds is 35. The highest BCUT2D eigenvalue weighted by Crippen LogP contribution is 2.40. The third-order valence-electron chi connectivity index (χ3n) is 10.5. The third-order valence-corrected chi connectivity index (χ3v) is 10.5. The first kappa shape index (κ1) is 47.9. The van der Waals surface area contributed by atoms with Crippen molar-refractivity contribution in [2.45, 2.75) is 240 Å². The van der Waals surface area contributed by atoms with Crippen LogP contribution in [0.3, 0.4) is 0 Å². The van der Waals surface area contributed by atoms with E-state index >= 15 is 0 Å². The van der Waals surface area contributed by atoms with Crippen LogP contribution in [0, 0.1) is 11.3 Å². The van der Waals surface area contributed by atoms with Gasteiger partial charge in [0.1, 0.15) is 0 Å². The lowest BCUT2D eigenvalue weighted by Gasteiger charge is -2.34. The summed E-state index contributed by atoms with van der Waals surface area (Å²) in [6.07, 6.45) is 53.3. The highest BCUT2D eigenvalue weighted by Gasteiger charge is 2.46. The molecule has 2 atom stereocenters. The minimum Gasteiger partial charge on any atom is -0.325 e. The molecule has 0 aromatic carbocycles. The van der Waals surface area contributed by atoms with Gasteiger partial charge in [-0.1, -0.05) is 180 Å². The van der Waals surface area contributed by atoms with E-state index in [-0.39, 0.29) is 17.6 Å². The molecular formula is C48H88O3. The van der Waals surface area contributed by atoms with E-state index in [2.05, 4.69) is 90.2 Å². The Balaban J connectivity index is 2.34. The topological polar surface area (TPSA) is 27.7 Å². The molecule has 51 heavy (non-hydrogen) atoms. The Morgan fingerprint density at radius 2 is 0.980 bits per heavy atom. The molecule has 1 aliphatic heterocycles. The Hall–Kier alpha value is -1.16. The van der Waals surface area contributed by atoms with Gasteiger partial charge in [0, 0.05) is 6.92 Å². The van der Waals surface area contributed by atoms with Gasteiger partial charge < -0.3 is 14.2 Å². The number of ether oxygens (including phenoxy) is 3. The number of allylic oxidation sites excluding steroid dienone is 8. The second-order valence-corrected chi connectivity index (χ2v) is 16.9. The maximum atomic E-state index is 6.71. The van der Waals surface area contributed by atoms with E-state index in [0.717, 1.165) is 32.1 Å². The van der Waals surface area contributed by atoms with Crippen molar-refractivity contribution in [3.8, 4) is 0 Å². The molecule has 0 amide bonds. The highest BCUT2D eigenvalue weighted by atomic mass is 16.9. The Bertz CT molecular complexity index is 835. The van der Waals surface area contributed by atoms with Crippen LogP contribution in [0.1, 0.15) is 222 Å². The molecule has 0 aliphatic carbocycles. The zero-order valence-corrected chi connectivity index (χ0v) is 35.4. The molecular weight excluding hydrogens is 625 g/mol. The van der Waals surface area contributed by atoms with Crippen LogP contribution in [-0.4, -0.2) is 24.8 Å². The molecule has 1 aliphatic rings. The van der Waals surface area contributed by atoms with Crippen molar-refractivity contribution >= 4 is 0 Å². The van der Waals surface area contributed by atoms with E-state index in [1.54, 1.807) is 0 Å². The fourth-order valence-electron chi connectivity index (χ4n) is 7.47. The maximum absolute atomic E-state index is 6.71. The van der Waals surface area contributed by atoms with E-state index < -0.39 is 5.97 Å². The van der Waals surface area contributed by atoms with Gasteiger partial charge in [0.15, 0.2) is 0 Å². The van der Waals surface area contributed by atoms with E-state index in [9.17, 15) is 0 Å². The number of hydrogen-bond acceptors (Lipinski definition) is 3. The Morgan fingerprint density at radius 1 is 0.588 bits per heavy atom. The molecule has 0 saturated carbocycles. The summed E-state index contributed by atoms with van der Waals surface area (Å²) < 4.78 is 19.5. The molecule has 0 radical (unpaired) electrons. The molecule has 2 unspecified atom stereocenters. The summed E-state index contributed by atoms with van der Waals surface area (Å²) in [4.78, 5) is 0. The van der Waals surface area contributed by atoms with Crippen LogP contribution in [0.2, 0.25) is 0 Å². The van der Waals surface area contributed by atoms with E-state index in [0.29, 0.717) is 12.5 Å². The van der Waals surface area contributed by atoms with E-state index in [1.807, 2.05) is 6.92 Å². The summed E-state index contributed by atoms with van der Waals surface area (Å²) >= 11 is 0. The molecule has 1 heterocycles. The summed E-state index contributed by atoms with van der Waals surface area (Å²) in [5.74, 6) is -0.281. The van der Waals surface area contributed by atoms with E-state index in [4.69, 9.17) is 14.2 Å². The average Bonchev–Trinajstić information content (AvgIpc) is 3.49. The van der Waals surface area contributed by atoms with Crippen LogP contribution in [-0.2, 0) is 14.2 Å². The van der Waals surface area contributed by atoms with Gasteiger partial charge >= 0.3 is 0 Å². The molecule has 1 fully saturated rings. The lowest BCUT2D eigenvalue weighted by molar-refractivity contribution is -0.347. The molecule has 1 rings (SSSR count). The lowest BCUT2D eigenvalue weighted by Crippen LogP contribution is -2.38. The summed E-state index contributed by atoms with van der Waals surface area (Å²) in [5.41, 5.74) is 0.0756. The van der Waals surface area contributed by atoms with Gasteiger partial charge in [-0.2, -0.15) is 0 Å². The second-order valence-electron chi connectivity index (χ2n) is 16.9. The Labute approximate surface area is 319 Å². The smallest absolute Gasteiger partial charge is 0.280 e. The summed E-state index contributed by atoms with van der Waals surface area (Å²) in [7, 11) is 0. The lowest BCUT2D eigenvalue weighted by atomic mass is 9.79. The molecule has 0 aromatic heterocycles. The van der Waals surface area contributed by atoms with Crippen molar-refractivity contribution < 1.29 is 14.2 Å². The second kappa shape index (κ2) is 32.3. The van der Waals surface area contributed by atoms with Crippen LogP contribution >= 0.6 is 0 Å². The van der Waals surface area contributed by atoms with Gasteiger partial charge in [-0.15, -0.1) is 0 Å². The molecule has 3 nitrogen and oxygen atoms in total. The van der Waals surface area contributed by atoms with Crippen LogP contribution in [0.4, 0.5) is 0 Å². The Morgan fingerprint density at radius 3 is 1.39 bits per heavy atom. The summed E-state index contributed by atoms with van der Waals surface area (Å²) in [6, 6.07) is 0. The van der Waals surface area contributed by atoms with Gasteiger partial charge in [-0.3, -0.25) is 0 Å². The third kappa shape index (κ3) is 28.0. The number of hydrogen-bond donors (Lipinski definition) is 0. The monoisotopic (exact) mass is 713 g/mol. The van der Waals surface area contributed by atoms with Crippen molar-refractivity contribution in [2.24, 2.45) is 11.3 Å². The van der Waals surface area contributed by atoms with Gasteiger partial charge in [0.05, 0.1) is 18.8 Å². The van der Waals surface area contributed by atoms with Gasteiger partial charge in [0.25, 0.3) is 5.97 Å². The van der Waals surface area contributed by atoms with Gasteiger partial charge in [-0.05, 0) is 94.8 Å². The zero-order chi connectivity index (χ0) is 37.3. The predicted octanol–water partition coefficient (Wildman–Crippen LogP) is 15.9. The van der Waals surface area contributed by atoms with Crippen molar-refractivity contribution in [3.63, 3.8) is 0 Å². The van der Waals surface area contributed by atoms with Crippen molar-refractivity contribution in [3.05, 3.63) is 48.6 Å². The molecule has 1 saturated heterocycles. The van der Waals surface area contributed by atoms with Crippen LogP contribution in [0.5, 0.6) is 0 Å². The normalized spacial score (nSPS) is 18.8. The molecule has 3 heteroatoms. The molecule has 0 aromatic rings. The van der Waals surface area contributed by atoms with Crippen LogP contribution in [0.15, 0.2) is 48.6 Å². The Kier molecular flexibility index (Phi) is 30.3. The SMILES string of the molecule is CCCCC/C=C\C/C=C\CCCCCCCCC(CCCCCCCC/C=C\C/C=C\CCCCC)OC1(C)OCC(C(C)(C)CC(C)C)O1. The van der Waals surface area contributed by atoms with Gasteiger partial charge in [0.2, 0.25) is 0 Å². The van der Waals surface area contributed by atoms with Crippen molar-refractivity contribution in [2.75, 3.05) is 6.61 Å². The molecule has 298 valence electrons. The fourth-order valence-corrected chi connectivity index (χ4v) is 7.47. The summed E-state index contributed by atoms with van der Waals surface area (Å²) in [5, 5.41) is 0. The molecule has 0 N–H and O–H groups in total. The largest absolute Gasteiger partial charge is 0.325 e. The minimum atomic E-state index is -0.916. The van der Waals surface area contributed by atoms with E-state index in [1.165, 1.54) is 141 Å². The van der Waals surface area contributed by atoms with Crippen LogP contribution < -0.4 is 0 Å². The zero-order valence-electron chi connectivity index (χ0n) is 35.4. The first-order chi connectivity index (χ1) is 24.7. The van der Waals surface area contributed by atoms with Crippen molar-refractivity contribution in [1.29, 1.82) is 0 Å². The number of unbranched alkanes of at least 4 members (excludes halogenated alkanes) is 18. The standard InChI is InChI=1S/C48H88O3/c1-8-10-12-14-16-18-20-22-24-26-28-30-32-34-36-38-40-45(50-48(7)49-43-46(51-48)47(5,6)42-44(3)4)41-39-37-35-33-31-29-27-25-23-21-19-17-15-13-11-9-2/h16-19,22-25,44-46H,8-15,20-21,26-43H2,1-7H3/b18-16-,19-17-,24-22-,25-23-. The first-order valence-corrected chi connectivity index (χ1v) is 22.3. The average molecular weight is 713 g/mol. The molecule has 0 spiro atoms. The quantitative estimate of drug-likeness (QED) is 0.0484. The minimum absolute atomic E-state index is 0.0756. The van der Waals surface area contributed by atoms with Crippen LogP contribution in [0.25, 0.3) is 0 Å². The maximum Gasteiger partial charge on any atom is 0.280 e. The predicted molar refractivity (Wildman–Crippen MR) is 225 cm³/mol. The summed E-state index contributed by atoms with van der Waals surface area (Å²) in [6.45, 7) is 16.4. The fraction of sp³-hybridized carbons (Fsp3) is 0.833. The molecule has 0 bridgehead atoms. The van der Waals surface area contributed by atoms with Crippen molar-refractivity contribution in [1.82, 2.24) is 0 Å².